The average molecular weight is 2030 g/mol. The molecule has 5 amide bonds. The molecular weight excluding hydrogens is 1950 g/mol. The van der Waals surface area contributed by atoms with Gasteiger partial charge in [0.2, 0.25) is 0 Å². The Labute approximate surface area is 815 Å². The molecular formula is C100H78F18N20O8. The standard InChI is InChI=1S/C21H21F3N4O.C21H17F3N4O.C20H13F5N4O.C19H15F4N3O.C19H12F3N5O4/c1-12(2)28-18(11-19(27-28)21(22,23)24)16-8-7-14(10-17(16)25)20(29)26-15-6-4-5-13(3)9-15;1-3-28-18(11-19(27-28)21(22,23)24)16-9-8-14(10-15(16)12-25)20(29)26-17-7-5-4-6-13(17)2;1-2-29-16(9-17(28-29)20(23,24)25)13-7-6-11(8-12(13)10-26)19(30)27-18-14(21)4-3-5-15(18)22;1-11-4-3-5-13(8-11)24-18(27)12-6-7-14(15(20)9-12)16-10-17(19(21,22)23)25-26(16)2;1-26-13(9-16(25-26)19(20,21)22)11-7-6-10(8-14(11)27(29)30)17(28)24-18-23-12-4-2-3-5-15(12)31-18/h4-12H,25H2,1-3H3,(H,26,29);4-11H,3H2,1-2H3,(H,26,29);3-9H,2H2,1H3,(H,27,30);3-10H,1-2H3,(H,24,27);2-9H,1H3,(H,23,24,28). The maximum absolute atomic E-state index is 14.5. The minimum atomic E-state index is -4.70. The number of amides is 5. The Kier molecular flexibility index (Phi) is 32.2. The van der Waals surface area contributed by atoms with Crippen molar-refractivity contribution in [2.75, 3.05) is 32.3 Å². The number of para-hydroxylation sites is 4. The zero-order valence-corrected chi connectivity index (χ0v) is 77.4. The smallest absolute Gasteiger partial charge is 0.423 e. The van der Waals surface area contributed by atoms with Gasteiger partial charge in [-0.3, -0.25) is 62.8 Å². The number of fused-ring (bicyclic) bond motifs is 1. The largest absolute Gasteiger partial charge is 0.435 e. The van der Waals surface area contributed by atoms with E-state index in [-0.39, 0.29) is 121 Å². The van der Waals surface area contributed by atoms with Gasteiger partial charge in [0.25, 0.3) is 35.2 Å². The lowest BCUT2D eigenvalue weighted by molar-refractivity contribution is -0.384. The summed E-state index contributed by atoms with van der Waals surface area (Å²) in [5.41, 5.74) is 6.58. The number of anilines is 6. The molecule has 0 saturated carbocycles. The normalized spacial score (nSPS) is 11.4. The Morgan fingerprint density at radius 1 is 0.418 bits per heavy atom. The van der Waals surface area contributed by atoms with Crippen molar-refractivity contribution in [2.45, 2.75) is 98.5 Å². The molecule has 0 saturated heterocycles. The number of rotatable bonds is 19. The zero-order valence-electron chi connectivity index (χ0n) is 77.4. The summed E-state index contributed by atoms with van der Waals surface area (Å²) in [6.45, 7) is 12.7. The molecule has 46 heteroatoms. The summed E-state index contributed by atoms with van der Waals surface area (Å²) >= 11 is 0. The van der Waals surface area contributed by atoms with Crippen LogP contribution in [0.2, 0.25) is 0 Å². The molecule has 0 spiro atoms. The SMILES string of the molecule is CCn1nc(C(F)(F)F)cc1-c1ccc(C(=O)Nc2c(F)cccc2F)cc1C#N.CCn1nc(C(F)(F)F)cc1-c1ccc(C(=O)Nc2ccccc2C)cc1C#N.Cc1cccc(NC(=O)c2ccc(-c3cc(C(F)(F)F)nn3C(C)C)c(N)c2)c1.Cc1cccc(NC(=O)c2ccc(-c3cc(C(F)(F)F)nn3C)c(F)c2)c1.Cn1nc(C(F)(F)F)cc1-c1ccc(C(=O)Nc2nc3ccccc3o2)cc1[N+](=O)[O-]. The molecule has 0 aliphatic carbocycles. The number of benzene rings is 10. The molecule has 16 rings (SSSR count). The number of nitrogens with zero attached hydrogens (tertiary/aromatic N) is 14. The summed E-state index contributed by atoms with van der Waals surface area (Å²) in [5.74, 6) is -5.69. The van der Waals surface area contributed by atoms with Gasteiger partial charge in [-0.15, -0.1) is 0 Å². The highest BCUT2D eigenvalue weighted by atomic mass is 19.4. The summed E-state index contributed by atoms with van der Waals surface area (Å²) in [5, 5.41) is 60.7. The van der Waals surface area contributed by atoms with Crippen molar-refractivity contribution in [1.82, 2.24) is 53.9 Å². The van der Waals surface area contributed by atoms with Crippen molar-refractivity contribution in [3.05, 3.63) is 348 Å². The van der Waals surface area contributed by atoms with Crippen molar-refractivity contribution in [3.8, 4) is 68.4 Å². The summed E-state index contributed by atoms with van der Waals surface area (Å²) < 4.78 is 247. The number of nitrogen functional groups attached to an aromatic ring is 1. The van der Waals surface area contributed by atoms with Crippen molar-refractivity contribution >= 4 is 80.8 Å². The van der Waals surface area contributed by atoms with Crippen molar-refractivity contribution in [3.63, 3.8) is 0 Å². The van der Waals surface area contributed by atoms with Gasteiger partial charge in [0.15, 0.2) is 34.1 Å². The maximum Gasteiger partial charge on any atom is 0.435 e. The minimum absolute atomic E-state index is 0.0366. The third-order valence-corrected chi connectivity index (χ3v) is 21.4. The number of carbonyl (C=O) groups excluding carboxylic acids is 5. The highest BCUT2D eigenvalue weighted by Gasteiger charge is 2.41. The molecule has 16 aromatic rings. The molecule has 10 aromatic carbocycles. The van der Waals surface area contributed by atoms with Crippen LogP contribution in [0.1, 0.15) is 142 Å². The van der Waals surface area contributed by atoms with Gasteiger partial charge < -0.3 is 31.4 Å². The first-order chi connectivity index (χ1) is 68.7. The molecule has 6 aromatic heterocycles. The fourth-order valence-corrected chi connectivity index (χ4v) is 14.4. The first-order valence-electron chi connectivity index (χ1n) is 43.1. The Hall–Kier alpha value is -18.0. The van der Waals surface area contributed by atoms with E-state index in [0.29, 0.717) is 45.4 Å². The molecule has 0 fully saturated rings. The molecule has 146 heavy (non-hydrogen) atoms. The molecule has 7 N–H and O–H groups in total. The van der Waals surface area contributed by atoms with Gasteiger partial charge in [-0.05, 0) is 223 Å². The second-order valence-electron chi connectivity index (χ2n) is 32.1. The van der Waals surface area contributed by atoms with E-state index in [0.717, 1.165) is 91.4 Å². The number of hydrogen-bond acceptors (Lipinski definition) is 17. The van der Waals surface area contributed by atoms with E-state index in [4.69, 9.17) is 10.2 Å². The van der Waals surface area contributed by atoms with E-state index in [1.807, 2.05) is 69.3 Å². The molecule has 0 radical (unpaired) electrons. The third kappa shape index (κ3) is 25.7. The van der Waals surface area contributed by atoms with Gasteiger partial charge in [0.1, 0.15) is 28.7 Å². The van der Waals surface area contributed by atoms with Crippen molar-refractivity contribution in [2.24, 2.45) is 14.1 Å². The fraction of sp³-hybridized carbons (Fsp3) is 0.170. The molecule has 6 heterocycles. The Morgan fingerprint density at radius 2 is 0.808 bits per heavy atom. The number of alkyl halides is 15. The summed E-state index contributed by atoms with van der Waals surface area (Å²) in [6, 6.07) is 58.6. The summed E-state index contributed by atoms with van der Waals surface area (Å²) in [6.07, 6.45) is -23.1. The highest BCUT2D eigenvalue weighted by molar-refractivity contribution is 6.08. The molecule has 0 aliphatic heterocycles. The molecule has 0 atom stereocenters. The number of aromatic nitrogens is 11. The number of nitrogens with two attached hydrogens (primary N) is 1. The number of nitro groups is 1. The Morgan fingerprint density at radius 3 is 1.25 bits per heavy atom. The van der Waals surface area contributed by atoms with Crippen LogP contribution in [0.15, 0.2) is 241 Å². The molecule has 0 bridgehead atoms. The minimum Gasteiger partial charge on any atom is -0.423 e. The van der Waals surface area contributed by atoms with E-state index >= 15 is 0 Å². The van der Waals surface area contributed by atoms with Gasteiger partial charge >= 0.3 is 36.9 Å². The highest BCUT2D eigenvalue weighted by Crippen LogP contribution is 2.42. The van der Waals surface area contributed by atoms with Crippen LogP contribution in [-0.4, -0.2) is 88.3 Å². The molecule has 28 nitrogen and oxygen atoms in total. The topological polar surface area (TPSA) is 377 Å². The number of nitrogens with one attached hydrogen (secondary N) is 5. The van der Waals surface area contributed by atoms with E-state index in [2.05, 4.69) is 57.1 Å². The van der Waals surface area contributed by atoms with E-state index in [9.17, 15) is 124 Å². The summed E-state index contributed by atoms with van der Waals surface area (Å²) in [7, 11) is 2.53. The fourth-order valence-electron chi connectivity index (χ4n) is 14.4. The number of carbonyl (C=O) groups is 5. The second-order valence-corrected chi connectivity index (χ2v) is 32.1. The maximum atomic E-state index is 14.5. The summed E-state index contributed by atoms with van der Waals surface area (Å²) in [4.78, 5) is 77.1. The van der Waals surface area contributed by atoms with Crippen molar-refractivity contribution in [1.29, 1.82) is 10.5 Å². The number of oxazole rings is 1. The van der Waals surface area contributed by atoms with Crippen LogP contribution in [0.4, 0.5) is 119 Å². The van der Waals surface area contributed by atoms with Gasteiger partial charge in [-0.1, -0.05) is 72.8 Å². The van der Waals surface area contributed by atoms with Gasteiger partial charge in [-0.25, -0.2) is 13.2 Å². The van der Waals surface area contributed by atoms with Crippen LogP contribution >= 0.6 is 0 Å². The van der Waals surface area contributed by atoms with Crippen LogP contribution in [-0.2, 0) is 58.1 Å². The number of halogens is 18. The predicted octanol–water partition coefficient (Wildman–Crippen LogP) is 24.5. The average Bonchev–Trinajstić information content (AvgIpc) is 1.65. The lowest BCUT2D eigenvalue weighted by Gasteiger charge is -2.13. The first kappa shape index (κ1) is 107. The number of nitro benzene ring substituents is 1. The number of aryl methyl sites for hydroxylation is 7. The molecule has 0 unspecified atom stereocenters. The monoisotopic (exact) mass is 2030 g/mol. The van der Waals surface area contributed by atoms with E-state index in [1.165, 1.54) is 96.3 Å². The van der Waals surface area contributed by atoms with Gasteiger partial charge in [-0.2, -0.15) is 107 Å². The third-order valence-electron chi connectivity index (χ3n) is 21.4. The lowest BCUT2D eigenvalue weighted by atomic mass is 10.0. The van der Waals surface area contributed by atoms with Crippen LogP contribution in [0, 0.1) is 71.0 Å². The lowest BCUT2D eigenvalue weighted by Crippen LogP contribution is -2.14. The Balaban J connectivity index is 0.000000162. The van der Waals surface area contributed by atoms with Crippen LogP contribution in [0.3, 0.4) is 0 Å². The second kappa shape index (κ2) is 44.0. The van der Waals surface area contributed by atoms with E-state index in [1.54, 1.807) is 88.4 Å². The van der Waals surface area contributed by atoms with Crippen LogP contribution in [0.25, 0.3) is 67.4 Å². The first-order valence-corrected chi connectivity index (χ1v) is 43.1. The van der Waals surface area contributed by atoms with Gasteiger partial charge in [0, 0.05) is 112 Å². The molecule has 0 aliphatic rings. The quantitative estimate of drug-likeness (QED) is 0.0189. The predicted molar refractivity (Wildman–Crippen MR) is 501 cm³/mol. The van der Waals surface area contributed by atoms with Crippen molar-refractivity contribution < 1.29 is 112 Å². The van der Waals surface area contributed by atoms with Crippen LogP contribution < -0.4 is 32.3 Å². The number of hydrogen-bond donors (Lipinski definition) is 6. The zero-order chi connectivity index (χ0) is 107. The van der Waals surface area contributed by atoms with Gasteiger partial charge in [0.05, 0.1) is 62.2 Å². The Bertz CT molecular complexity index is 7690. The molecule has 752 valence electrons. The van der Waals surface area contributed by atoms with Crippen LogP contribution in [0.5, 0.6) is 0 Å². The van der Waals surface area contributed by atoms with E-state index < -0.39 is 117 Å². The number of nitriles is 2.